The molecule has 0 amide bonds. The van der Waals surface area contributed by atoms with Gasteiger partial charge in [-0.25, -0.2) is 4.98 Å². The van der Waals surface area contributed by atoms with E-state index in [1.54, 1.807) is 12.3 Å². The zero-order valence-electron chi connectivity index (χ0n) is 14.4. The Balaban J connectivity index is 1.39. The van der Waals surface area contributed by atoms with Crippen LogP contribution >= 0.6 is 15.9 Å². The molecule has 7 heteroatoms. The van der Waals surface area contributed by atoms with Crippen molar-refractivity contribution < 1.29 is 4.42 Å². The zero-order chi connectivity index (χ0) is 18.1. The number of anilines is 1. The van der Waals surface area contributed by atoms with Gasteiger partial charge in [0.05, 0.1) is 22.7 Å². The molecular formula is C19H20BrN5O. The standard InChI is InChI=1S/C19H20BrN5O/c20-18-16-7-15(9-22)26-17(16)10-23-19(18)24-13-1-3-14(4-2-13)25-6-5-12(8-21)11-25/h7,10,12-14H,1-6,11H2,(H,23,24). The number of aromatic nitrogens is 1. The molecule has 2 aromatic rings. The number of furan rings is 1. The van der Waals surface area contributed by atoms with Gasteiger partial charge in [-0.05, 0) is 54.6 Å². The summed E-state index contributed by atoms with van der Waals surface area (Å²) in [6, 6.07) is 7.17. The van der Waals surface area contributed by atoms with Crippen LogP contribution < -0.4 is 5.32 Å². The van der Waals surface area contributed by atoms with Gasteiger partial charge in [0.2, 0.25) is 5.76 Å². The monoisotopic (exact) mass is 413 g/mol. The van der Waals surface area contributed by atoms with Crippen LogP contribution in [0.2, 0.25) is 0 Å². The van der Waals surface area contributed by atoms with Crippen molar-refractivity contribution in [3.8, 4) is 12.1 Å². The van der Waals surface area contributed by atoms with E-state index in [0.717, 1.165) is 60.9 Å². The molecule has 0 aromatic carbocycles. The first kappa shape index (κ1) is 17.3. The summed E-state index contributed by atoms with van der Waals surface area (Å²) in [4.78, 5) is 6.96. The number of hydrogen-bond acceptors (Lipinski definition) is 6. The van der Waals surface area contributed by atoms with Gasteiger partial charge in [-0.2, -0.15) is 10.5 Å². The fourth-order valence-electron chi connectivity index (χ4n) is 4.14. The van der Waals surface area contributed by atoms with Crippen LogP contribution in [-0.2, 0) is 0 Å². The lowest BCUT2D eigenvalue weighted by atomic mass is 9.90. The molecule has 1 unspecified atom stereocenters. The van der Waals surface area contributed by atoms with E-state index in [9.17, 15) is 0 Å². The van der Waals surface area contributed by atoms with Gasteiger partial charge >= 0.3 is 0 Å². The molecule has 1 atom stereocenters. The smallest absolute Gasteiger partial charge is 0.204 e. The van der Waals surface area contributed by atoms with Crippen molar-refractivity contribution in [3.63, 3.8) is 0 Å². The Morgan fingerprint density at radius 3 is 2.73 bits per heavy atom. The topological polar surface area (TPSA) is 88.9 Å². The van der Waals surface area contributed by atoms with Gasteiger partial charge in [0.25, 0.3) is 0 Å². The van der Waals surface area contributed by atoms with Crippen molar-refractivity contribution in [3.05, 3.63) is 22.5 Å². The summed E-state index contributed by atoms with van der Waals surface area (Å²) in [5.41, 5.74) is 0.615. The van der Waals surface area contributed by atoms with Crippen LogP contribution in [0.1, 0.15) is 37.9 Å². The minimum Gasteiger partial charge on any atom is -0.444 e. The summed E-state index contributed by atoms with van der Waals surface area (Å²) in [5.74, 6) is 1.31. The van der Waals surface area contributed by atoms with Gasteiger partial charge in [0.1, 0.15) is 11.9 Å². The average Bonchev–Trinajstić information content (AvgIpc) is 3.31. The van der Waals surface area contributed by atoms with Gasteiger partial charge in [0.15, 0.2) is 5.58 Å². The summed E-state index contributed by atoms with van der Waals surface area (Å²) in [6.07, 6.45) is 7.18. The highest BCUT2D eigenvalue weighted by Gasteiger charge is 2.31. The molecule has 1 aliphatic heterocycles. The highest BCUT2D eigenvalue weighted by Crippen LogP contribution is 2.34. The molecular weight excluding hydrogens is 394 g/mol. The van der Waals surface area contributed by atoms with Crippen molar-refractivity contribution >= 4 is 32.7 Å². The minimum absolute atomic E-state index is 0.214. The molecule has 2 fully saturated rings. The average molecular weight is 414 g/mol. The number of likely N-dealkylation sites (tertiary alicyclic amines) is 1. The van der Waals surface area contributed by atoms with Crippen molar-refractivity contribution in [1.82, 2.24) is 9.88 Å². The van der Waals surface area contributed by atoms with Gasteiger partial charge in [0, 0.05) is 30.1 Å². The molecule has 1 saturated carbocycles. The van der Waals surface area contributed by atoms with Crippen LogP contribution in [0.3, 0.4) is 0 Å². The Hall–Kier alpha value is -2.09. The molecule has 1 aliphatic carbocycles. The van der Waals surface area contributed by atoms with Crippen LogP contribution in [0.25, 0.3) is 11.0 Å². The first-order chi connectivity index (χ1) is 12.7. The van der Waals surface area contributed by atoms with Crippen molar-refractivity contribution in [2.45, 2.75) is 44.2 Å². The first-order valence-corrected chi connectivity index (χ1v) is 9.85. The van der Waals surface area contributed by atoms with E-state index in [4.69, 9.17) is 14.9 Å². The second-order valence-electron chi connectivity index (χ2n) is 7.18. The van der Waals surface area contributed by atoms with Crippen LogP contribution in [0.5, 0.6) is 0 Å². The number of pyridine rings is 1. The van der Waals surface area contributed by atoms with Gasteiger partial charge in [-0.15, -0.1) is 0 Å². The number of rotatable bonds is 3. The third-order valence-electron chi connectivity index (χ3n) is 5.58. The van der Waals surface area contributed by atoms with E-state index in [-0.39, 0.29) is 5.92 Å². The molecule has 3 heterocycles. The van der Waals surface area contributed by atoms with Gasteiger partial charge in [-0.3, -0.25) is 4.90 Å². The number of halogens is 1. The SMILES string of the molecule is N#Cc1cc2c(Br)c(NC3CCC(N4CCC(C#N)C4)CC3)ncc2o1. The number of hydrogen-bond donors (Lipinski definition) is 1. The van der Waals surface area contributed by atoms with Gasteiger partial charge < -0.3 is 9.73 Å². The Bertz CT molecular complexity index is 888. The quantitative estimate of drug-likeness (QED) is 0.816. The normalized spacial score (nSPS) is 26.5. The summed E-state index contributed by atoms with van der Waals surface area (Å²) in [7, 11) is 0. The summed E-state index contributed by atoms with van der Waals surface area (Å²) < 4.78 is 6.27. The van der Waals surface area contributed by atoms with E-state index in [1.165, 1.54) is 0 Å². The molecule has 2 aliphatic rings. The fourth-order valence-corrected chi connectivity index (χ4v) is 4.67. The predicted octanol–water partition coefficient (Wildman–Crippen LogP) is 4.03. The maximum Gasteiger partial charge on any atom is 0.204 e. The Kier molecular flexibility index (Phi) is 4.84. The van der Waals surface area contributed by atoms with Crippen LogP contribution in [0.4, 0.5) is 5.82 Å². The zero-order valence-corrected chi connectivity index (χ0v) is 16.0. The molecule has 0 radical (unpaired) electrons. The van der Waals surface area contributed by atoms with E-state index in [2.05, 4.69) is 37.2 Å². The molecule has 26 heavy (non-hydrogen) atoms. The van der Waals surface area contributed by atoms with E-state index >= 15 is 0 Å². The molecule has 4 rings (SSSR count). The summed E-state index contributed by atoms with van der Waals surface area (Å²) in [5, 5.41) is 22.5. The minimum atomic E-state index is 0.214. The number of nitriles is 2. The third kappa shape index (κ3) is 3.30. The summed E-state index contributed by atoms with van der Waals surface area (Å²) in [6.45, 7) is 2.00. The van der Waals surface area contributed by atoms with Crippen LogP contribution in [0, 0.1) is 28.6 Å². The van der Waals surface area contributed by atoms with E-state index in [0.29, 0.717) is 23.4 Å². The maximum absolute atomic E-state index is 9.08. The molecule has 1 saturated heterocycles. The fraction of sp³-hybridized carbons (Fsp3) is 0.526. The van der Waals surface area contributed by atoms with Gasteiger partial charge in [-0.1, -0.05) is 0 Å². The van der Waals surface area contributed by atoms with Crippen molar-refractivity contribution in [2.75, 3.05) is 18.4 Å². The Morgan fingerprint density at radius 2 is 2.04 bits per heavy atom. The lowest BCUT2D eigenvalue weighted by Gasteiger charge is -2.35. The highest BCUT2D eigenvalue weighted by atomic mass is 79.9. The van der Waals surface area contributed by atoms with Crippen molar-refractivity contribution in [2.24, 2.45) is 5.92 Å². The molecule has 134 valence electrons. The van der Waals surface area contributed by atoms with Crippen LogP contribution in [0.15, 0.2) is 21.2 Å². The number of fused-ring (bicyclic) bond motifs is 1. The maximum atomic E-state index is 9.08. The molecule has 6 nitrogen and oxygen atoms in total. The first-order valence-electron chi connectivity index (χ1n) is 9.06. The van der Waals surface area contributed by atoms with E-state index < -0.39 is 0 Å². The van der Waals surface area contributed by atoms with Crippen molar-refractivity contribution in [1.29, 1.82) is 10.5 Å². The Morgan fingerprint density at radius 1 is 1.23 bits per heavy atom. The molecule has 1 N–H and O–H groups in total. The second-order valence-corrected chi connectivity index (χ2v) is 7.97. The lowest BCUT2D eigenvalue weighted by Crippen LogP contribution is -2.39. The number of nitrogens with zero attached hydrogens (tertiary/aromatic N) is 4. The molecule has 0 spiro atoms. The largest absolute Gasteiger partial charge is 0.444 e. The molecule has 0 bridgehead atoms. The summed E-state index contributed by atoms with van der Waals surface area (Å²) >= 11 is 3.60. The lowest BCUT2D eigenvalue weighted by molar-refractivity contribution is 0.183. The Labute approximate surface area is 160 Å². The van der Waals surface area contributed by atoms with Crippen LogP contribution in [-0.4, -0.2) is 35.1 Å². The predicted molar refractivity (Wildman–Crippen MR) is 101 cm³/mol. The third-order valence-corrected chi connectivity index (χ3v) is 6.39. The molecule has 2 aromatic heterocycles. The number of nitrogens with one attached hydrogen (secondary N) is 1. The second kappa shape index (κ2) is 7.26. The van der Waals surface area contributed by atoms with E-state index in [1.807, 2.05) is 6.07 Å². The highest BCUT2D eigenvalue weighted by molar-refractivity contribution is 9.10.